The van der Waals surface area contributed by atoms with Crippen molar-refractivity contribution in [3.8, 4) is 0 Å². The Kier molecular flexibility index (Phi) is 2.14. The van der Waals surface area contributed by atoms with Gasteiger partial charge in [-0.1, -0.05) is 32.4 Å². The van der Waals surface area contributed by atoms with Crippen LogP contribution in [0, 0.1) is 0 Å². The van der Waals surface area contributed by atoms with Crippen molar-refractivity contribution in [1.29, 1.82) is 0 Å². The number of aromatic nitrogens is 2. The molecule has 60 valence electrons. The van der Waals surface area contributed by atoms with Gasteiger partial charge in [0.25, 0.3) is 0 Å². The molecule has 1 heterocycles. The summed E-state index contributed by atoms with van der Waals surface area (Å²) >= 11 is 5.59. The Bertz CT molecular complexity index is 235. The minimum atomic E-state index is 0.0532. The van der Waals surface area contributed by atoms with Crippen LogP contribution in [0.3, 0.4) is 0 Å². The molecule has 0 bridgehead atoms. The fraction of sp³-hybridized carbons (Fsp3) is 0.500. The van der Waals surface area contributed by atoms with E-state index in [4.69, 9.17) is 11.6 Å². The summed E-state index contributed by atoms with van der Waals surface area (Å²) in [5.74, 6) is 0. The van der Waals surface area contributed by atoms with E-state index in [-0.39, 0.29) is 5.41 Å². The molecule has 3 heteroatoms. The number of hydrogen-bond donors (Lipinski definition) is 0. The van der Waals surface area contributed by atoms with E-state index >= 15 is 0 Å². The predicted octanol–water partition coefficient (Wildman–Crippen LogP) is 2.43. The molecule has 0 amide bonds. The second kappa shape index (κ2) is 2.78. The molecule has 1 aromatic heterocycles. The van der Waals surface area contributed by atoms with Gasteiger partial charge in [-0.3, -0.25) is 4.98 Å². The monoisotopic (exact) mass is 170 g/mol. The van der Waals surface area contributed by atoms with Gasteiger partial charge in [0.1, 0.15) is 5.15 Å². The lowest BCUT2D eigenvalue weighted by molar-refractivity contribution is 0.565. The van der Waals surface area contributed by atoms with Crippen LogP contribution in [0.15, 0.2) is 12.4 Å². The van der Waals surface area contributed by atoms with E-state index in [0.717, 1.165) is 5.69 Å². The Morgan fingerprint density at radius 3 is 2.18 bits per heavy atom. The second-order valence-corrected chi connectivity index (χ2v) is 3.86. The summed E-state index contributed by atoms with van der Waals surface area (Å²) in [7, 11) is 0. The lowest BCUT2D eigenvalue weighted by atomic mass is 9.93. The van der Waals surface area contributed by atoms with Gasteiger partial charge in [0, 0.05) is 5.41 Å². The summed E-state index contributed by atoms with van der Waals surface area (Å²) in [6, 6.07) is 0. The summed E-state index contributed by atoms with van der Waals surface area (Å²) in [5, 5.41) is 0.443. The fourth-order valence-corrected chi connectivity index (χ4v) is 0.797. The molecule has 0 N–H and O–H groups in total. The molecule has 2 nitrogen and oxygen atoms in total. The summed E-state index contributed by atoms with van der Waals surface area (Å²) in [5.41, 5.74) is 1.01. The highest BCUT2D eigenvalue weighted by atomic mass is 35.5. The van der Waals surface area contributed by atoms with Gasteiger partial charge in [0.2, 0.25) is 0 Å². The Hall–Kier alpha value is -0.630. The van der Waals surface area contributed by atoms with Crippen molar-refractivity contribution in [3.05, 3.63) is 23.2 Å². The van der Waals surface area contributed by atoms with Crippen molar-refractivity contribution in [2.24, 2.45) is 0 Å². The first-order valence-corrected chi connectivity index (χ1v) is 3.86. The van der Waals surface area contributed by atoms with Gasteiger partial charge >= 0.3 is 0 Å². The average molecular weight is 171 g/mol. The highest BCUT2D eigenvalue weighted by Crippen LogP contribution is 2.18. The third-order valence-corrected chi connectivity index (χ3v) is 1.58. The molecular weight excluding hydrogens is 160 g/mol. The topological polar surface area (TPSA) is 25.8 Å². The highest BCUT2D eigenvalue weighted by molar-refractivity contribution is 6.29. The number of nitrogens with zero attached hydrogens (tertiary/aromatic N) is 2. The number of halogens is 1. The minimum absolute atomic E-state index is 0.0532. The van der Waals surface area contributed by atoms with Crippen LogP contribution in [-0.2, 0) is 5.41 Å². The van der Waals surface area contributed by atoms with Crippen molar-refractivity contribution in [1.82, 2.24) is 9.97 Å². The highest BCUT2D eigenvalue weighted by Gasteiger charge is 2.14. The molecule has 0 saturated heterocycles. The van der Waals surface area contributed by atoms with E-state index in [0.29, 0.717) is 5.15 Å². The van der Waals surface area contributed by atoms with Gasteiger partial charge in [0.15, 0.2) is 0 Å². The third kappa shape index (κ3) is 2.15. The van der Waals surface area contributed by atoms with Gasteiger partial charge in [-0.05, 0) is 0 Å². The molecule has 0 spiro atoms. The first-order valence-electron chi connectivity index (χ1n) is 3.48. The molecule has 0 aliphatic carbocycles. The lowest BCUT2D eigenvalue weighted by Gasteiger charge is -2.16. The second-order valence-electron chi connectivity index (χ2n) is 3.47. The normalized spacial score (nSPS) is 11.6. The molecule has 11 heavy (non-hydrogen) atoms. The molecule has 0 saturated carbocycles. The van der Waals surface area contributed by atoms with E-state index in [9.17, 15) is 0 Å². The molecule has 0 atom stereocenters. The molecular formula is C8H11ClN2. The SMILES string of the molecule is CC(C)(C)c1cnc(Cl)cn1. The van der Waals surface area contributed by atoms with Gasteiger partial charge in [0.05, 0.1) is 18.1 Å². The van der Waals surface area contributed by atoms with Crippen molar-refractivity contribution < 1.29 is 0 Å². The Labute approximate surface area is 71.6 Å². The van der Waals surface area contributed by atoms with Crippen LogP contribution < -0.4 is 0 Å². The Morgan fingerprint density at radius 2 is 1.82 bits per heavy atom. The van der Waals surface area contributed by atoms with Crippen LogP contribution in [-0.4, -0.2) is 9.97 Å². The lowest BCUT2D eigenvalue weighted by Crippen LogP contribution is -2.13. The van der Waals surface area contributed by atoms with E-state index in [1.54, 1.807) is 12.4 Å². The first kappa shape index (κ1) is 8.47. The molecule has 0 unspecified atom stereocenters. The maximum absolute atomic E-state index is 5.59. The van der Waals surface area contributed by atoms with Gasteiger partial charge in [-0.25, -0.2) is 4.98 Å². The summed E-state index contributed by atoms with van der Waals surface area (Å²) < 4.78 is 0. The van der Waals surface area contributed by atoms with Crippen molar-refractivity contribution >= 4 is 11.6 Å². The van der Waals surface area contributed by atoms with Gasteiger partial charge < -0.3 is 0 Å². The van der Waals surface area contributed by atoms with E-state index in [1.165, 1.54) is 0 Å². The standard InChI is InChI=1S/C8H11ClN2/c1-8(2,3)6-4-11-7(9)5-10-6/h4-5H,1-3H3. The number of rotatable bonds is 0. The molecule has 0 fully saturated rings. The summed E-state index contributed by atoms with van der Waals surface area (Å²) in [6.45, 7) is 6.26. The summed E-state index contributed by atoms with van der Waals surface area (Å²) in [4.78, 5) is 8.10. The maximum Gasteiger partial charge on any atom is 0.147 e. The molecule has 0 aliphatic heterocycles. The molecule has 0 aliphatic rings. The Morgan fingerprint density at radius 1 is 1.18 bits per heavy atom. The zero-order valence-electron chi connectivity index (χ0n) is 6.93. The molecule has 1 rings (SSSR count). The van der Waals surface area contributed by atoms with Crippen molar-refractivity contribution in [3.63, 3.8) is 0 Å². The van der Waals surface area contributed by atoms with Crippen LogP contribution >= 0.6 is 11.6 Å². The van der Waals surface area contributed by atoms with Crippen molar-refractivity contribution in [2.75, 3.05) is 0 Å². The van der Waals surface area contributed by atoms with E-state index < -0.39 is 0 Å². The number of hydrogen-bond acceptors (Lipinski definition) is 2. The predicted molar refractivity (Wildman–Crippen MR) is 45.7 cm³/mol. The minimum Gasteiger partial charge on any atom is -0.256 e. The van der Waals surface area contributed by atoms with Gasteiger partial charge in [-0.2, -0.15) is 0 Å². The smallest absolute Gasteiger partial charge is 0.147 e. The zero-order chi connectivity index (χ0) is 8.48. The van der Waals surface area contributed by atoms with E-state index in [1.807, 2.05) is 0 Å². The van der Waals surface area contributed by atoms with Gasteiger partial charge in [-0.15, -0.1) is 0 Å². The van der Waals surface area contributed by atoms with Crippen LogP contribution in [0.1, 0.15) is 26.5 Å². The van der Waals surface area contributed by atoms with Crippen LogP contribution in [0.25, 0.3) is 0 Å². The zero-order valence-corrected chi connectivity index (χ0v) is 7.68. The molecule has 1 aromatic rings. The van der Waals surface area contributed by atoms with Crippen molar-refractivity contribution in [2.45, 2.75) is 26.2 Å². The molecule has 0 radical (unpaired) electrons. The van der Waals surface area contributed by atoms with Crippen LogP contribution in [0.5, 0.6) is 0 Å². The van der Waals surface area contributed by atoms with Crippen LogP contribution in [0.2, 0.25) is 5.15 Å². The van der Waals surface area contributed by atoms with E-state index in [2.05, 4.69) is 30.7 Å². The maximum atomic E-state index is 5.59. The quantitative estimate of drug-likeness (QED) is 0.598. The third-order valence-electron chi connectivity index (χ3n) is 1.39. The van der Waals surface area contributed by atoms with Crippen LogP contribution in [0.4, 0.5) is 0 Å². The first-order chi connectivity index (χ1) is 5.00. The summed E-state index contributed by atoms with van der Waals surface area (Å²) in [6.07, 6.45) is 3.28. The molecule has 0 aromatic carbocycles. The Balaban J connectivity index is 2.99. The average Bonchev–Trinajstić information content (AvgIpc) is 1.86. The fourth-order valence-electron chi connectivity index (χ4n) is 0.700. The largest absolute Gasteiger partial charge is 0.256 e.